The second kappa shape index (κ2) is 7.25. The zero-order valence-corrected chi connectivity index (χ0v) is 14.8. The Balaban J connectivity index is 1.42. The first-order chi connectivity index (χ1) is 13.2. The lowest BCUT2D eigenvalue weighted by atomic mass is 10.1. The summed E-state index contributed by atoms with van der Waals surface area (Å²) in [6.07, 6.45) is 8.86. The lowest BCUT2D eigenvalue weighted by molar-refractivity contribution is 0.102. The Morgan fingerprint density at radius 3 is 2.52 bits per heavy atom. The standard InChI is InChI=1S/C20H18N6O/c1-15-21-10-12-26(15)19-8-7-18(13-22-19)24-20(27)17-5-3-16(4-6-17)14-25-11-2-9-23-25/h2-13H,14H2,1H3,(H,24,27). The van der Waals surface area contributed by atoms with E-state index in [0.29, 0.717) is 17.8 Å². The number of anilines is 1. The van der Waals surface area contributed by atoms with Gasteiger partial charge in [-0.2, -0.15) is 5.10 Å². The highest BCUT2D eigenvalue weighted by atomic mass is 16.1. The van der Waals surface area contributed by atoms with Crippen molar-refractivity contribution in [1.29, 1.82) is 0 Å². The van der Waals surface area contributed by atoms with Gasteiger partial charge in [0.05, 0.1) is 18.4 Å². The predicted octanol–water partition coefficient (Wildman–Crippen LogP) is 3.07. The van der Waals surface area contributed by atoms with Crippen molar-refractivity contribution in [2.24, 2.45) is 0 Å². The minimum atomic E-state index is -0.172. The fraction of sp³-hybridized carbons (Fsp3) is 0.100. The van der Waals surface area contributed by atoms with Crippen LogP contribution in [0.1, 0.15) is 21.7 Å². The maximum Gasteiger partial charge on any atom is 0.255 e. The number of carbonyl (C=O) groups is 1. The minimum absolute atomic E-state index is 0.172. The van der Waals surface area contributed by atoms with Gasteiger partial charge in [-0.15, -0.1) is 0 Å². The molecule has 4 rings (SSSR count). The number of aryl methyl sites for hydroxylation is 1. The smallest absolute Gasteiger partial charge is 0.255 e. The maximum atomic E-state index is 12.4. The molecule has 0 radical (unpaired) electrons. The lowest BCUT2D eigenvalue weighted by Crippen LogP contribution is -2.12. The van der Waals surface area contributed by atoms with Crippen LogP contribution in [0.25, 0.3) is 5.82 Å². The summed E-state index contributed by atoms with van der Waals surface area (Å²) in [7, 11) is 0. The summed E-state index contributed by atoms with van der Waals surface area (Å²) in [5.41, 5.74) is 2.31. The molecule has 1 N–H and O–H groups in total. The van der Waals surface area contributed by atoms with Crippen molar-refractivity contribution in [3.05, 3.63) is 90.4 Å². The van der Waals surface area contributed by atoms with Crippen LogP contribution in [-0.4, -0.2) is 30.2 Å². The summed E-state index contributed by atoms with van der Waals surface area (Å²) < 4.78 is 3.72. The van der Waals surface area contributed by atoms with Crippen LogP contribution in [0.4, 0.5) is 5.69 Å². The average molecular weight is 358 g/mol. The number of hydrogen-bond donors (Lipinski definition) is 1. The quantitative estimate of drug-likeness (QED) is 0.595. The number of carbonyl (C=O) groups excluding carboxylic acids is 1. The van der Waals surface area contributed by atoms with Crippen LogP contribution in [0.15, 0.2) is 73.4 Å². The molecule has 0 atom stereocenters. The zero-order chi connectivity index (χ0) is 18.6. The second-order valence-electron chi connectivity index (χ2n) is 6.10. The lowest BCUT2D eigenvalue weighted by Gasteiger charge is -2.08. The summed E-state index contributed by atoms with van der Waals surface area (Å²) in [6.45, 7) is 2.58. The van der Waals surface area contributed by atoms with Gasteiger partial charge in [0.2, 0.25) is 0 Å². The number of amides is 1. The molecule has 0 aliphatic carbocycles. The number of imidazole rings is 1. The van der Waals surface area contributed by atoms with Crippen LogP contribution in [0.3, 0.4) is 0 Å². The van der Waals surface area contributed by atoms with Gasteiger partial charge in [0.25, 0.3) is 5.91 Å². The molecule has 7 nitrogen and oxygen atoms in total. The molecule has 4 aromatic rings. The molecule has 3 aromatic heterocycles. The van der Waals surface area contributed by atoms with E-state index < -0.39 is 0 Å². The number of benzene rings is 1. The molecule has 0 bridgehead atoms. The van der Waals surface area contributed by atoms with Crippen LogP contribution < -0.4 is 5.32 Å². The summed E-state index contributed by atoms with van der Waals surface area (Å²) in [4.78, 5) is 21.0. The Labute approximate surface area is 156 Å². The highest BCUT2D eigenvalue weighted by molar-refractivity contribution is 6.04. The average Bonchev–Trinajstić information content (AvgIpc) is 3.35. The molecule has 1 aromatic carbocycles. The van der Waals surface area contributed by atoms with E-state index in [1.54, 1.807) is 18.6 Å². The molecule has 0 aliphatic heterocycles. The van der Waals surface area contributed by atoms with E-state index in [2.05, 4.69) is 20.4 Å². The summed E-state index contributed by atoms with van der Waals surface area (Å²) in [5.74, 6) is 1.44. The topological polar surface area (TPSA) is 77.6 Å². The molecule has 27 heavy (non-hydrogen) atoms. The number of nitrogens with zero attached hydrogens (tertiary/aromatic N) is 5. The van der Waals surface area contributed by atoms with Gasteiger partial charge in [-0.3, -0.25) is 14.0 Å². The molecule has 7 heteroatoms. The third kappa shape index (κ3) is 3.77. The number of rotatable bonds is 5. The van der Waals surface area contributed by atoms with E-state index in [4.69, 9.17) is 0 Å². The number of hydrogen-bond acceptors (Lipinski definition) is 4. The Kier molecular flexibility index (Phi) is 4.49. The van der Waals surface area contributed by atoms with Gasteiger partial charge in [-0.05, 0) is 42.8 Å². The van der Waals surface area contributed by atoms with E-state index in [1.807, 2.05) is 71.0 Å². The van der Waals surface area contributed by atoms with Crippen molar-refractivity contribution in [3.8, 4) is 5.82 Å². The Morgan fingerprint density at radius 1 is 1.04 bits per heavy atom. The van der Waals surface area contributed by atoms with Crippen molar-refractivity contribution in [2.45, 2.75) is 13.5 Å². The third-order valence-corrected chi connectivity index (χ3v) is 4.20. The van der Waals surface area contributed by atoms with Gasteiger partial charge in [-0.1, -0.05) is 12.1 Å². The van der Waals surface area contributed by atoms with Crippen LogP contribution >= 0.6 is 0 Å². The third-order valence-electron chi connectivity index (χ3n) is 4.20. The van der Waals surface area contributed by atoms with Gasteiger partial charge in [0.15, 0.2) is 0 Å². The first-order valence-electron chi connectivity index (χ1n) is 8.53. The fourth-order valence-electron chi connectivity index (χ4n) is 2.77. The van der Waals surface area contributed by atoms with E-state index in [-0.39, 0.29) is 5.91 Å². The van der Waals surface area contributed by atoms with Gasteiger partial charge >= 0.3 is 0 Å². The number of aromatic nitrogens is 5. The normalized spacial score (nSPS) is 10.7. The number of nitrogens with one attached hydrogen (secondary N) is 1. The van der Waals surface area contributed by atoms with Crippen LogP contribution in [0.2, 0.25) is 0 Å². The molecular formula is C20H18N6O. The van der Waals surface area contributed by atoms with Crippen LogP contribution in [-0.2, 0) is 6.54 Å². The SMILES string of the molecule is Cc1nccn1-c1ccc(NC(=O)c2ccc(Cn3cccn3)cc2)cn1. The molecule has 1 amide bonds. The Hall–Kier alpha value is -3.74. The Bertz CT molecular complexity index is 1030. The van der Waals surface area contributed by atoms with Gasteiger partial charge in [-0.25, -0.2) is 9.97 Å². The monoisotopic (exact) mass is 358 g/mol. The second-order valence-corrected chi connectivity index (χ2v) is 6.10. The van der Waals surface area contributed by atoms with Crippen molar-refractivity contribution >= 4 is 11.6 Å². The molecule has 0 unspecified atom stereocenters. The van der Waals surface area contributed by atoms with E-state index in [0.717, 1.165) is 17.2 Å². The Morgan fingerprint density at radius 2 is 1.89 bits per heavy atom. The highest BCUT2D eigenvalue weighted by Gasteiger charge is 2.08. The largest absolute Gasteiger partial charge is 0.321 e. The van der Waals surface area contributed by atoms with Gasteiger partial charge in [0.1, 0.15) is 11.6 Å². The number of pyridine rings is 1. The fourth-order valence-corrected chi connectivity index (χ4v) is 2.77. The molecule has 134 valence electrons. The van der Waals surface area contributed by atoms with Crippen molar-refractivity contribution in [1.82, 2.24) is 24.3 Å². The summed E-state index contributed by atoms with van der Waals surface area (Å²) in [6, 6.07) is 13.0. The van der Waals surface area contributed by atoms with Crippen LogP contribution in [0.5, 0.6) is 0 Å². The molecule has 0 saturated heterocycles. The minimum Gasteiger partial charge on any atom is -0.321 e. The van der Waals surface area contributed by atoms with Gasteiger partial charge in [0, 0.05) is 30.4 Å². The first-order valence-corrected chi connectivity index (χ1v) is 8.53. The van der Waals surface area contributed by atoms with Crippen molar-refractivity contribution in [2.75, 3.05) is 5.32 Å². The van der Waals surface area contributed by atoms with E-state index in [1.165, 1.54) is 0 Å². The predicted molar refractivity (Wildman–Crippen MR) is 102 cm³/mol. The van der Waals surface area contributed by atoms with Gasteiger partial charge < -0.3 is 5.32 Å². The van der Waals surface area contributed by atoms with Crippen molar-refractivity contribution in [3.63, 3.8) is 0 Å². The molecule has 0 saturated carbocycles. The molecular weight excluding hydrogens is 340 g/mol. The van der Waals surface area contributed by atoms with E-state index >= 15 is 0 Å². The van der Waals surface area contributed by atoms with Crippen LogP contribution in [0, 0.1) is 6.92 Å². The summed E-state index contributed by atoms with van der Waals surface area (Å²) in [5, 5.41) is 7.05. The molecule has 0 spiro atoms. The first kappa shape index (κ1) is 16.7. The van der Waals surface area contributed by atoms with E-state index in [9.17, 15) is 4.79 Å². The molecule has 0 aliphatic rings. The maximum absolute atomic E-state index is 12.4. The highest BCUT2D eigenvalue weighted by Crippen LogP contribution is 2.13. The summed E-state index contributed by atoms with van der Waals surface area (Å²) >= 11 is 0. The van der Waals surface area contributed by atoms with Crippen molar-refractivity contribution < 1.29 is 4.79 Å². The molecule has 0 fully saturated rings. The zero-order valence-electron chi connectivity index (χ0n) is 14.8. The molecule has 3 heterocycles.